The third-order valence-electron chi connectivity index (χ3n) is 13.2. The summed E-state index contributed by atoms with van der Waals surface area (Å²) in [5.41, 5.74) is 2.10. The number of piperidine rings is 1. The van der Waals surface area contributed by atoms with Gasteiger partial charge in [-0.2, -0.15) is 4.31 Å². The summed E-state index contributed by atoms with van der Waals surface area (Å²) in [5, 5.41) is 5.36. The minimum absolute atomic E-state index is 0.00541. The van der Waals surface area contributed by atoms with Crippen LogP contribution in [0.4, 0.5) is 20.6 Å². The molecule has 0 bridgehead atoms. The van der Waals surface area contributed by atoms with E-state index >= 15 is 0 Å². The molecule has 4 saturated heterocycles. The van der Waals surface area contributed by atoms with Crippen molar-refractivity contribution < 1.29 is 46.3 Å². The number of hydrogen-bond acceptors (Lipinski definition) is 11. The summed E-state index contributed by atoms with van der Waals surface area (Å²) >= 11 is 6.40. The number of aryl methyl sites for hydroxylation is 1. The van der Waals surface area contributed by atoms with E-state index < -0.39 is 34.4 Å². The Morgan fingerprint density at radius 2 is 1.55 bits per heavy atom. The number of piperazine rings is 2. The average molecular weight is 989 g/mol. The Morgan fingerprint density at radius 1 is 0.855 bits per heavy atom. The van der Waals surface area contributed by atoms with Gasteiger partial charge in [-0.25, -0.2) is 17.6 Å². The Morgan fingerprint density at radius 3 is 2.22 bits per heavy atom. The van der Waals surface area contributed by atoms with Crippen molar-refractivity contribution >= 4 is 68.4 Å². The summed E-state index contributed by atoms with van der Waals surface area (Å²) in [4.78, 5) is 90.5. The SMILES string of the molecule is CC(=O)c1c(C)[nH]c(C(=O)Nc2cc(S(=O)(=O)N3CCN(C)CC3)ccc2OCC(=O)N2CCN(CC3CCN(C(=O)c4ccc(Cl)c(N5CCC(=O)NC5=O)c4)CC3)CC2)c1-c1ccc(F)cc1. The highest BCUT2D eigenvalue weighted by Crippen LogP contribution is 2.35. The number of benzene rings is 3. The number of aromatic amines is 1. The van der Waals surface area contributed by atoms with Gasteiger partial charge < -0.3 is 29.7 Å². The van der Waals surface area contributed by atoms with Crippen LogP contribution in [-0.4, -0.2) is 165 Å². The lowest BCUT2D eigenvalue weighted by Crippen LogP contribution is -2.51. The fourth-order valence-corrected chi connectivity index (χ4v) is 11.0. The zero-order valence-corrected chi connectivity index (χ0v) is 40.3. The maximum Gasteiger partial charge on any atom is 0.328 e. The molecule has 0 spiro atoms. The number of H-pyrrole nitrogens is 1. The number of ether oxygens (including phenoxy) is 1. The molecule has 69 heavy (non-hydrogen) atoms. The second-order valence-electron chi connectivity index (χ2n) is 17.9. The molecular weight excluding hydrogens is 933 g/mol. The number of hydrogen-bond donors (Lipinski definition) is 3. The van der Waals surface area contributed by atoms with Crippen molar-refractivity contribution in [1.82, 2.24) is 34.2 Å². The minimum atomic E-state index is -4.00. The van der Waals surface area contributed by atoms with Gasteiger partial charge in [0.15, 0.2) is 12.4 Å². The normalized spacial score (nSPS) is 18.0. The summed E-state index contributed by atoms with van der Waals surface area (Å²) < 4.78 is 49.2. The summed E-state index contributed by atoms with van der Waals surface area (Å²) in [6.45, 7) is 8.49. The van der Waals surface area contributed by atoms with E-state index in [1.807, 2.05) is 11.9 Å². The van der Waals surface area contributed by atoms with Gasteiger partial charge in [-0.3, -0.25) is 39.1 Å². The van der Waals surface area contributed by atoms with Crippen molar-refractivity contribution in [3.05, 3.63) is 94.0 Å². The monoisotopic (exact) mass is 987 g/mol. The molecule has 3 N–H and O–H groups in total. The molecule has 0 atom stereocenters. The molecule has 1 aromatic heterocycles. The number of amides is 6. The number of anilines is 2. The van der Waals surface area contributed by atoms with Gasteiger partial charge in [0.25, 0.3) is 17.7 Å². The van der Waals surface area contributed by atoms with Crippen LogP contribution in [0.15, 0.2) is 65.6 Å². The molecule has 3 aromatic carbocycles. The van der Waals surface area contributed by atoms with Crippen molar-refractivity contribution in [3.8, 4) is 16.9 Å². The number of nitrogens with one attached hydrogen (secondary N) is 3. The van der Waals surface area contributed by atoms with Crippen molar-refractivity contribution in [2.45, 2.75) is 38.0 Å². The highest BCUT2D eigenvalue weighted by molar-refractivity contribution is 7.89. The molecule has 4 aliphatic heterocycles. The van der Waals surface area contributed by atoms with Crippen LogP contribution in [0.1, 0.15) is 63.1 Å². The maximum absolute atomic E-state index is 14.2. The van der Waals surface area contributed by atoms with Crippen LogP contribution in [0.3, 0.4) is 0 Å². The van der Waals surface area contributed by atoms with Crippen LogP contribution in [0.2, 0.25) is 5.02 Å². The van der Waals surface area contributed by atoms with E-state index in [4.69, 9.17) is 16.3 Å². The molecule has 18 nitrogen and oxygen atoms in total. The predicted molar refractivity (Wildman–Crippen MR) is 256 cm³/mol. The molecule has 0 radical (unpaired) electrons. The van der Waals surface area contributed by atoms with Crippen molar-refractivity contribution in [2.24, 2.45) is 5.92 Å². The van der Waals surface area contributed by atoms with Crippen LogP contribution in [0.5, 0.6) is 5.75 Å². The molecule has 6 amide bonds. The number of carbonyl (C=O) groups excluding carboxylic acids is 6. The van der Waals surface area contributed by atoms with Crippen LogP contribution < -0.4 is 20.3 Å². The number of nitrogens with zero attached hydrogens (tertiary/aromatic N) is 6. The lowest BCUT2D eigenvalue weighted by molar-refractivity contribution is -0.135. The number of likely N-dealkylation sites (N-methyl/N-ethyl adjacent to an activating group) is 1. The van der Waals surface area contributed by atoms with Crippen LogP contribution in [0.25, 0.3) is 11.1 Å². The molecule has 0 unspecified atom stereocenters. The second kappa shape index (κ2) is 20.8. The van der Waals surface area contributed by atoms with E-state index in [2.05, 4.69) is 20.5 Å². The predicted octanol–water partition coefficient (Wildman–Crippen LogP) is 4.70. The number of halogens is 2. The Labute approximate surface area is 404 Å². The quantitative estimate of drug-likeness (QED) is 0.157. The third kappa shape index (κ3) is 11.0. The molecule has 0 aliphatic carbocycles. The molecule has 0 saturated carbocycles. The molecule has 21 heteroatoms. The van der Waals surface area contributed by atoms with Crippen LogP contribution in [-0.2, 0) is 19.6 Å². The van der Waals surface area contributed by atoms with Gasteiger partial charge >= 0.3 is 6.03 Å². The van der Waals surface area contributed by atoms with E-state index in [-0.39, 0.29) is 82.7 Å². The largest absolute Gasteiger partial charge is 0.482 e. The molecule has 8 rings (SSSR count). The molecule has 366 valence electrons. The number of urea groups is 1. The highest BCUT2D eigenvalue weighted by atomic mass is 35.5. The first-order chi connectivity index (χ1) is 33.0. The number of sulfonamides is 1. The van der Waals surface area contributed by atoms with Gasteiger partial charge in [0.05, 0.1) is 21.3 Å². The van der Waals surface area contributed by atoms with Gasteiger partial charge in [0.2, 0.25) is 15.9 Å². The zero-order chi connectivity index (χ0) is 49.1. The average Bonchev–Trinajstić information content (AvgIpc) is 3.69. The van der Waals surface area contributed by atoms with Crippen LogP contribution in [0, 0.1) is 18.7 Å². The number of carbonyl (C=O) groups is 6. The summed E-state index contributed by atoms with van der Waals surface area (Å²) in [6.07, 6.45) is 1.71. The standard InChI is InChI=1S/C48H55ClFN9O9S/c1-30-43(31(2)60)44(33-4-7-35(50)8-5-33)45(51-30)46(63)52-38-27-36(69(66,67)58-24-18-54(3)19-25-58)9-11-40(38)68-29-42(62)56-22-20-55(21-23-56)28-32-12-15-57(16-13-32)47(64)34-6-10-37(49)39(26-34)59-17-14-41(61)53-48(59)65/h4-11,26-27,32,51H,12-25,28-29H2,1-3H3,(H,52,63)(H,53,61,65). The minimum Gasteiger partial charge on any atom is -0.482 e. The Bertz CT molecular complexity index is 2760. The van der Waals surface area contributed by atoms with Gasteiger partial charge in [0, 0.05) is 107 Å². The van der Waals surface area contributed by atoms with Crippen molar-refractivity contribution in [2.75, 3.05) is 102 Å². The van der Waals surface area contributed by atoms with E-state index in [9.17, 15) is 41.6 Å². The smallest absolute Gasteiger partial charge is 0.328 e. The Hall–Kier alpha value is -6.19. The van der Waals surface area contributed by atoms with Gasteiger partial charge in [0.1, 0.15) is 17.3 Å². The molecule has 4 aliphatic rings. The van der Waals surface area contributed by atoms with E-state index in [1.165, 1.54) is 58.6 Å². The topological polar surface area (TPSA) is 205 Å². The molecule has 4 aromatic rings. The summed E-state index contributed by atoms with van der Waals surface area (Å²) in [7, 11) is -2.08. The van der Waals surface area contributed by atoms with Crippen molar-refractivity contribution in [1.29, 1.82) is 0 Å². The lowest BCUT2D eigenvalue weighted by atomic mass is 9.95. The first-order valence-corrected chi connectivity index (χ1v) is 24.7. The zero-order valence-electron chi connectivity index (χ0n) is 38.7. The van der Waals surface area contributed by atoms with E-state index in [1.54, 1.807) is 34.9 Å². The number of rotatable bonds is 13. The van der Waals surface area contributed by atoms with Gasteiger partial charge in [-0.15, -0.1) is 0 Å². The van der Waals surface area contributed by atoms with E-state index in [0.717, 1.165) is 19.4 Å². The first kappa shape index (κ1) is 49.2. The van der Waals surface area contributed by atoms with Crippen LogP contribution >= 0.6 is 11.6 Å². The van der Waals surface area contributed by atoms with E-state index in [0.29, 0.717) is 85.8 Å². The Kier molecular flexibility index (Phi) is 14.8. The van der Waals surface area contributed by atoms with Gasteiger partial charge in [-0.1, -0.05) is 23.7 Å². The molecular formula is C48H55ClFN9O9S. The fraction of sp³-hybridized carbons (Fsp3) is 0.417. The molecule has 4 fully saturated rings. The first-order valence-electron chi connectivity index (χ1n) is 22.9. The maximum atomic E-state index is 14.2. The number of ketones is 1. The number of imide groups is 1. The van der Waals surface area contributed by atoms with Crippen molar-refractivity contribution in [3.63, 3.8) is 0 Å². The number of likely N-dealkylation sites (tertiary alicyclic amines) is 1. The second-order valence-corrected chi connectivity index (χ2v) is 20.2. The lowest BCUT2D eigenvalue weighted by Gasteiger charge is -2.39. The fourth-order valence-electron chi connectivity index (χ4n) is 9.32. The Balaban J connectivity index is 0.889. The van der Waals surface area contributed by atoms with Gasteiger partial charge in [-0.05, 0) is 93.7 Å². The molecule has 5 heterocycles. The third-order valence-corrected chi connectivity index (χ3v) is 15.4. The summed E-state index contributed by atoms with van der Waals surface area (Å²) in [5.74, 6) is -1.96. The number of aromatic nitrogens is 1. The highest BCUT2D eigenvalue weighted by Gasteiger charge is 2.33. The number of Topliss-reactive ketones (excluding diaryl/α,β-unsaturated/α-hetero) is 1. The summed E-state index contributed by atoms with van der Waals surface area (Å²) in [6, 6.07) is 13.7.